The van der Waals surface area contributed by atoms with E-state index in [0.717, 1.165) is 61.3 Å². The summed E-state index contributed by atoms with van der Waals surface area (Å²) >= 11 is 0. The summed E-state index contributed by atoms with van der Waals surface area (Å²) in [5, 5.41) is 4.88. The standard InChI is InChI=1S/C57H37N5/c1-2-15-38(16-3-1)41-17-12-18-42(35-41)39-31-33-40(34-32-39)55-58-56(43-19-13-21-45(36-43)61-51-27-8-4-23-47(51)48-24-5-9-28-52(48)61)60-57(59-55)44-20-14-22-46(37-44)62-53-29-10-6-25-49(53)50-26-7-11-30-54(50)62/h1-37H. The molecular formula is C57H37N5. The number of benzene rings is 9. The molecule has 0 amide bonds. The molecule has 0 aliphatic rings. The zero-order valence-corrected chi connectivity index (χ0v) is 33.6. The lowest BCUT2D eigenvalue weighted by Gasteiger charge is -2.13. The van der Waals surface area contributed by atoms with Crippen LogP contribution in [0.2, 0.25) is 0 Å². The van der Waals surface area contributed by atoms with Crippen LogP contribution in [0.5, 0.6) is 0 Å². The molecule has 12 rings (SSSR count). The molecule has 0 bridgehead atoms. The minimum atomic E-state index is 0.606. The van der Waals surface area contributed by atoms with E-state index in [9.17, 15) is 0 Å². The highest BCUT2D eigenvalue weighted by atomic mass is 15.0. The molecule has 9 aromatic carbocycles. The zero-order chi connectivity index (χ0) is 41.0. The fraction of sp³-hybridized carbons (Fsp3) is 0. The molecule has 0 N–H and O–H groups in total. The number of hydrogen-bond acceptors (Lipinski definition) is 3. The van der Waals surface area contributed by atoms with Gasteiger partial charge >= 0.3 is 0 Å². The Morgan fingerprint density at radius 2 is 0.548 bits per heavy atom. The average molecular weight is 792 g/mol. The second-order valence-corrected chi connectivity index (χ2v) is 15.7. The van der Waals surface area contributed by atoms with Gasteiger partial charge in [0.15, 0.2) is 17.5 Å². The minimum Gasteiger partial charge on any atom is -0.309 e. The Balaban J connectivity index is 1.00. The van der Waals surface area contributed by atoms with Gasteiger partial charge in [-0.05, 0) is 76.9 Å². The molecule has 290 valence electrons. The predicted octanol–water partition coefficient (Wildman–Crippen LogP) is 14.4. The molecule has 0 spiro atoms. The van der Waals surface area contributed by atoms with Crippen molar-refractivity contribution in [3.05, 3.63) is 224 Å². The second kappa shape index (κ2) is 14.7. The number of para-hydroxylation sites is 4. The molecule has 5 nitrogen and oxygen atoms in total. The van der Waals surface area contributed by atoms with Gasteiger partial charge in [0.1, 0.15) is 0 Å². The molecule has 3 aromatic heterocycles. The first-order valence-electron chi connectivity index (χ1n) is 20.9. The van der Waals surface area contributed by atoms with Crippen molar-refractivity contribution in [3.63, 3.8) is 0 Å². The van der Waals surface area contributed by atoms with E-state index in [-0.39, 0.29) is 0 Å². The summed E-state index contributed by atoms with van der Waals surface area (Å²) in [6, 6.07) is 79.2. The van der Waals surface area contributed by atoms with Gasteiger partial charge in [0.25, 0.3) is 0 Å². The Morgan fingerprint density at radius 1 is 0.226 bits per heavy atom. The molecule has 0 aliphatic carbocycles. The van der Waals surface area contributed by atoms with Crippen LogP contribution >= 0.6 is 0 Å². The number of hydrogen-bond donors (Lipinski definition) is 0. The molecule has 0 unspecified atom stereocenters. The van der Waals surface area contributed by atoms with E-state index in [1.165, 1.54) is 32.7 Å². The maximum absolute atomic E-state index is 5.26. The van der Waals surface area contributed by atoms with Gasteiger partial charge in [-0.2, -0.15) is 0 Å². The molecule has 5 heteroatoms. The lowest BCUT2D eigenvalue weighted by molar-refractivity contribution is 1.07. The third-order valence-corrected chi connectivity index (χ3v) is 12.0. The number of rotatable bonds is 7. The fourth-order valence-electron chi connectivity index (χ4n) is 9.05. The van der Waals surface area contributed by atoms with E-state index >= 15 is 0 Å². The van der Waals surface area contributed by atoms with Gasteiger partial charge in [0, 0.05) is 49.6 Å². The van der Waals surface area contributed by atoms with E-state index in [1.807, 2.05) is 0 Å². The molecule has 0 radical (unpaired) electrons. The highest BCUT2D eigenvalue weighted by Crippen LogP contribution is 2.36. The van der Waals surface area contributed by atoms with Gasteiger partial charge < -0.3 is 9.13 Å². The van der Waals surface area contributed by atoms with Crippen molar-refractivity contribution in [2.75, 3.05) is 0 Å². The quantitative estimate of drug-likeness (QED) is 0.162. The minimum absolute atomic E-state index is 0.606. The lowest BCUT2D eigenvalue weighted by atomic mass is 9.98. The smallest absolute Gasteiger partial charge is 0.164 e. The summed E-state index contributed by atoms with van der Waals surface area (Å²) in [6.07, 6.45) is 0. The van der Waals surface area contributed by atoms with Gasteiger partial charge in [-0.1, -0.05) is 170 Å². The first kappa shape index (κ1) is 35.5. The van der Waals surface area contributed by atoms with Crippen LogP contribution in [0.25, 0.3) is 111 Å². The first-order valence-corrected chi connectivity index (χ1v) is 20.9. The summed E-state index contributed by atoms with van der Waals surface area (Å²) < 4.78 is 4.66. The predicted molar refractivity (Wildman–Crippen MR) is 256 cm³/mol. The molecule has 0 fully saturated rings. The molecule has 62 heavy (non-hydrogen) atoms. The summed E-state index contributed by atoms with van der Waals surface area (Å²) in [5.41, 5.74) is 14.1. The SMILES string of the molecule is c1ccc(-c2cccc(-c3ccc(-c4nc(-c5cccc(-n6c7ccccc7c7ccccc76)c5)nc(-c5cccc(-n6c7ccccc7c7ccccc76)c5)n4)cc3)c2)cc1. The number of nitrogens with zero attached hydrogens (tertiary/aromatic N) is 5. The Hall–Kier alpha value is -8.41. The van der Waals surface area contributed by atoms with Crippen molar-refractivity contribution in [2.24, 2.45) is 0 Å². The van der Waals surface area contributed by atoms with Crippen LogP contribution < -0.4 is 0 Å². The molecule has 0 saturated carbocycles. The summed E-state index contributed by atoms with van der Waals surface area (Å²) in [4.78, 5) is 15.7. The molecular weight excluding hydrogens is 755 g/mol. The van der Waals surface area contributed by atoms with E-state index in [0.29, 0.717) is 17.5 Å². The average Bonchev–Trinajstić information content (AvgIpc) is 3.87. The van der Waals surface area contributed by atoms with Gasteiger partial charge in [0.2, 0.25) is 0 Å². The van der Waals surface area contributed by atoms with Gasteiger partial charge in [-0.15, -0.1) is 0 Å². The Morgan fingerprint density at radius 3 is 1.00 bits per heavy atom. The molecule has 0 atom stereocenters. The fourth-order valence-corrected chi connectivity index (χ4v) is 9.05. The van der Waals surface area contributed by atoms with Crippen molar-refractivity contribution in [1.82, 2.24) is 24.1 Å². The topological polar surface area (TPSA) is 48.5 Å². The van der Waals surface area contributed by atoms with E-state index in [2.05, 4.69) is 234 Å². The largest absolute Gasteiger partial charge is 0.309 e. The number of aromatic nitrogens is 5. The van der Waals surface area contributed by atoms with Crippen molar-refractivity contribution in [3.8, 4) is 67.8 Å². The van der Waals surface area contributed by atoms with Crippen LogP contribution in [0.3, 0.4) is 0 Å². The van der Waals surface area contributed by atoms with Crippen LogP contribution in [-0.2, 0) is 0 Å². The molecule has 12 aromatic rings. The third kappa shape index (κ3) is 6.06. The first-order chi connectivity index (χ1) is 30.7. The van der Waals surface area contributed by atoms with E-state index < -0.39 is 0 Å². The summed E-state index contributed by atoms with van der Waals surface area (Å²) in [5.74, 6) is 1.82. The van der Waals surface area contributed by atoms with Crippen LogP contribution in [0.15, 0.2) is 224 Å². The maximum atomic E-state index is 5.26. The highest BCUT2D eigenvalue weighted by Gasteiger charge is 2.18. The third-order valence-electron chi connectivity index (χ3n) is 12.0. The Kier molecular flexibility index (Phi) is 8.42. The normalized spacial score (nSPS) is 11.5. The van der Waals surface area contributed by atoms with Crippen molar-refractivity contribution in [1.29, 1.82) is 0 Å². The van der Waals surface area contributed by atoms with Crippen molar-refractivity contribution >= 4 is 43.6 Å². The second-order valence-electron chi connectivity index (χ2n) is 15.7. The molecule has 0 aliphatic heterocycles. The van der Waals surface area contributed by atoms with E-state index in [1.54, 1.807) is 0 Å². The lowest BCUT2D eigenvalue weighted by Crippen LogP contribution is -2.02. The van der Waals surface area contributed by atoms with Gasteiger partial charge in [-0.3, -0.25) is 0 Å². The monoisotopic (exact) mass is 791 g/mol. The summed E-state index contributed by atoms with van der Waals surface area (Å²) in [6.45, 7) is 0. The number of fused-ring (bicyclic) bond motifs is 6. The van der Waals surface area contributed by atoms with Crippen LogP contribution in [0, 0.1) is 0 Å². The maximum Gasteiger partial charge on any atom is 0.164 e. The summed E-state index contributed by atoms with van der Waals surface area (Å²) in [7, 11) is 0. The van der Waals surface area contributed by atoms with Crippen molar-refractivity contribution in [2.45, 2.75) is 0 Å². The van der Waals surface area contributed by atoms with Gasteiger partial charge in [0.05, 0.1) is 22.1 Å². The Bertz CT molecular complexity index is 3350. The molecule has 3 heterocycles. The zero-order valence-electron chi connectivity index (χ0n) is 33.6. The molecule has 0 saturated heterocycles. The van der Waals surface area contributed by atoms with Gasteiger partial charge in [-0.25, -0.2) is 15.0 Å². The van der Waals surface area contributed by atoms with Crippen LogP contribution in [0.1, 0.15) is 0 Å². The van der Waals surface area contributed by atoms with Crippen molar-refractivity contribution < 1.29 is 0 Å². The Labute approximate surface area is 358 Å². The highest BCUT2D eigenvalue weighted by molar-refractivity contribution is 6.10. The van der Waals surface area contributed by atoms with E-state index in [4.69, 9.17) is 15.0 Å². The van der Waals surface area contributed by atoms with Crippen LogP contribution in [0.4, 0.5) is 0 Å². The van der Waals surface area contributed by atoms with Crippen LogP contribution in [-0.4, -0.2) is 24.1 Å².